The first-order chi connectivity index (χ1) is 7.93. The van der Waals surface area contributed by atoms with Crippen LogP contribution in [0.1, 0.15) is 26.8 Å². The van der Waals surface area contributed by atoms with Gasteiger partial charge >= 0.3 is 0 Å². The van der Waals surface area contributed by atoms with Crippen molar-refractivity contribution in [3.05, 3.63) is 34.9 Å². The van der Waals surface area contributed by atoms with E-state index in [1.807, 2.05) is 0 Å². The van der Waals surface area contributed by atoms with Gasteiger partial charge < -0.3 is 10.3 Å². The van der Waals surface area contributed by atoms with Gasteiger partial charge in [-0.05, 0) is 29.7 Å². The summed E-state index contributed by atoms with van der Waals surface area (Å²) in [7, 11) is 0. The molecular weight excluding hydrogens is 276 g/mol. The largest absolute Gasteiger partial charge is 0.343 e. The molecule has 0 spiro atoms. The first-order valence-corrected chi connectivity index (χ1v) is 6.69. The third-order valence-electron chi connectivity index (χ3n) is 3.24. The van der Waals surface area contributed by atoms with Gasteiger partial charge in [0, 0.05) is 28.1 Å². The summed E-state index contributed by atoms with van der Waals surface area (Å²) in [6, 6.07) is 8.83. The minimum absolute atomic E-state index is 0.160. The average molecular weight is 295 g/mol. The molecule has 2 N–H and O–H groups in total. The van der Waals surface area contributed by atoms with E-state index < -0.39 is 0 Å². The van der Waals surface area contributed by atoms with Crippen molar-refractivity contribution in [2.45, 2.75) is 26.8 Å². The lowest BCUT2D eigenvalue weighted by Crippen LogP contribution is -2.30. The summed E-state index contributed by atoms with van der Waals surface area (Å²) in [5, 5.41) is 1.25. The van der Waals surface area contributed by atoms with Gasteiger partial charge in [0.05, 0.1) is 6.04 Å². The molecule has 92 valence electrons. The SMILES string of the molecule is CC(C)(C)C(CN)n1ccc2cc(Br)ccc21. The summed E-state index contributed by atoms with van der Waals surface area (Å²) in [6.07, 6.45) is 2.14. The molecule has 0 fully saturated rings. The second-order valence-corrected chi connectivity index (χ2v) is 6.46. The van der Waals surface area contributed by atoms with Crippen LogP contribution in [0.15, 0.2) is 34.9 Å². The number of benzene rings is 1. The Hall–Kier alpha value is -0.800. The number of nitrogens with zero attached hydrogens (tertiary/aromatic N) is 1. The monoisotopic (exact) mass is 294 g/mol. The average Bonchev–Trinajstić information content (AvgIpc) is 2.60. The van der Waals surface area contributed by atoms with Crippen LogP contribution in [0, 0.1) is 5.41 Å². The molecule has 0 saturated carbocycles. The molecule has 3 heteroatoms. The van der Waals surface area contributed by atoms with Gasteiger partial charge in [-0.1, -0.05) is 36.7 Å². The third kappa shape index (κ3) is 2.40. The summed E-state index contributed by atoms with van der Waals surface area (Å²) in [5.41, 5.74) is 7.35. The highest BCUT2D eigenvalue weighted by molar-refractivity contribution is 9.10. The van der Waals surface area contributed by atoms with Gasteiger partial charge in [0.25, 0.3) is 0 Å². The van der Waals surface area contributed by atoms with Gasteiger partial charge in [-0.15, -0.1) is 0 Å². The highest BCUT2D eigenvalue weighted by Gasteiger charge is 2.25. The molecule has 2 rings (SSSR count). The van der Waals surface area contributed by atoms with E-state index in [-0.39, 0.29) is 5.41 Å². The van der Waals surface area contributed by atoms with Gasteiger partial charge in [0.2, 0.25) is 0 Å². The van der Waals surface area contributed by atoms with E-state index in [9.17, 15) is 0 Å². The maximum absolute atomic E-state index is 5.94. The first-order valence-electron chi connectivity index (χ1n) is 5.89. The normalized spacial score (nSPS) is 14.2. The number of hydrogen-bond donors (Lipinski definition) is 1. The minimum Gasteiger partial charge on any atom is -0.343 e. The van der Waals surface area contributed by atoms with Crippen LogP contribution in [0.5, 0.6) is 0 Å². The Morgan fingerprint density at radius 1 is 1.29 bits per heavy atom. The number of rotatable bonds is 2. The molecule has 1 aromatic heterocycles. The van der Waals surface area contributed by atoms with Crippen LogP contribution < -0.4 is 5.73 Å². The number of hydrogen-bond acceptors (Lipinski definition) is 1. The summed E-state index contributed by atoms with van der Waals surface area (Å²) >= 11 is 3.50. The zero-order chi connectivity index (χ0) is 12.6. The van der Waals surface area contributed by atoms with Crippen LogP contribution in [0.2, 0.25) is 0 Å². The van der Waals surface area contributed by atoms with Crippen molar-refractivity contribution >= 4 is 26.8 Å². The molecule has 1 aromatic carbocycles. The maximum Gasteiger partial charge on any atom is 0.0507 e. The molecule has 17 heavy (non-hydrogen) atoms. The molecule has 0 radical (unpaired) electrons. The maximum atomic E-state index is 5.94. The van der Waals surface area contributed by atoms with Crippen molar-refractivity contribution < 1.29 is 0 Å². The van der Waals surface area contributed by atoms with Crippen LogP contribution >= 0.6 is 15.9 Å². The van der Waals surface area contributed by atoms with Crippen LogP contribution in [0.3, 0.4) is 0 Å². The van der Waals surface area contributed by atoms with Crippen molar-refractivity contribution in [1.29, 1.82) is 0 Å². The highest BCUT2D eigenvalue weighted by atomic mass is 79.9. The molecule has 2 aromatic rings. The fourth-order valence-electron chi connectivity index (χ4n) is 2.29. The molecule has 0 amide bonds. The van der Waals surface area contributed by atoms with Crippen molar-refractivity contribution in [3.8, 4) is 0 Å². The zero-order valence-corrected chi connectivity index (χ0v) is 12.2. The summed E-state index contributed by atoms with van der Waals surface area (Å²) in [6.45, 7) is 7.35. The smallest absolute Gasteiger partial charge is 0.0507 e. The lowest BCUT2D eigenvalue weighted by atomic mass is 9.86. The van der Waals surface area contributed by atoms with Gasteiger partial charge in [-0.2, -0.15) is 0 Å². The van der Waals surface area contributed by atoms with E-state index in [1.54, 1.807) is 0 Å². The number of fused-ring (bicyclic) bond motifs is 1. The number of aromatic nitrogens is 1. The molecule has 0 aliphatic rings. The van der Waals surface area contributed by atoms with E-state index in [2.05, 4.69) is 71.7 Å². The molecule has 0 saturated heterocycles. The van der Waals surface area contributed by atoms with Gasteiger partial charge in [-0.25, -0.2) is 0 Å². The number of nitrogens with two attached hydrogens (primary N) is 1. The van der Waals surface area contributed by atoms with Gasteiger partial charge in [-0.3, -0.25) is 0 Å². The van der Waals surface area contributed by atoms with E-state index in [0.717, 1.165) is 4.47 Å². The second-order valence-electron chi connectivity index (χ2n) is 5.54. The van der Waals surface area contributed by atoms with Crippen molar-refractivity contribution in [2.75, 3.05) is 6.54 Å². The predicted octanol–water partition coefficient (Wildman–Crippen LogP) is 3.95. The Morgan fingerprint density at radius 2 is 2.00 bits per heavy atom. The second kappa shape index (κ2) is 4.46. The van der Waals surface area contributed by atoms with Crippen LogP contribution in [-0.4, -0.2) is 11.1 Å². The van der Waals surface area contributed by atoms with E-state index in [1.165, 1.54) is 10.9 Å². The highest BCUT2D eigenvalue weighted by Crippen LogP contribution is 2.33. The van der Waals surface area contributed by atoms with Crippen LogP contribution in [0.25, 0.3) is 10.9 Å². The lowest BCUT2D eigenvalue weighted by Gasteiger charge is -2.31. The Labute approximate surface area is 111 Å². The zero-order valence-electron chi connectivity index (χ0n) is 10.6. The van der Waals surface area contributed by atoms with E-state index in [4.69, 9.17) is 5.73 Å². The molecule has 1 atom stereocenters. The molecular formula is C14H19BrN2. The Kier molecular flexibility index (Phi) is 3.32. The molecule has 0 bridgehead atoms. The van der Waals surface area contributed by atoms with Crippen molar-refractivity contribution in [1.82, 2.24) is 4.57 Å². The molecule has 0 aliphatic heterocycles. The van der Waals surface area contributed by atoms with Crippen molar-refractivity contribution in [3.63, 3.8) is 0 Å². The molecule has 1 heterocycles. The van der Waals surface area contributed by atoms with Gasteiger partial charge in [0.1, 0.15) is 0 Å². The van der Waals surface area contributed by atoms with Gasteiger partial charge in [0.15, 0.2) is 0 Å². The van der Waals surface area contributed by atoms with E-state index in [0.29, 0.717) is 12.6 Å². The first kappa shape index (κ1) is 12.7. The van der Waals surface area contributed by atoms with E-state index >= 15 is 0 Å². The predicted molar refractivity (Wildman–Crippen MR) is 77.2 cm³/mol. The summed E-state index contributed by atoms with van der Waals surface area (Å²) in [5.74, 6) is 0. The van der Waals surface area contributed by atoms with Crippen LogP contribution in [-0.2, 0) is 0 Å². The Morgan fingerprint density at radius 3 is 2.59 bits per heavy atom. The Bertz CT molecular complexity index is 522. The quantitative estimate of drug-likeness (QED) is 0.893. The lowest BCUT2D eigenvalue weighted by molar-refractivity contribution is 0.254. The molecule has 0 aliphatic carbocycles. The van der Waals surface area contributed by atoms with Crippen molar-refractivity contribution in [2.24, 2.45) is 11.1 Å². The minimum atomic E-state index is 0.160. The molecule has 1 unspecified atom stereocenters. The number of halogens is 1. The fourth-order valence-corrected chi connectivity index (χ4v) is 2.67. The molecule has 2 nitrogen and oxygen atoms in total. The topological polar surface area (TPSA) is 30.9 Å². The summed E-state index contributed by atoms with van der Waals surface area (Å²) < 4.78 is 3.41. The fraction of sp³-hybridized carbons (Fsp3) is 0.429. The summed E-state index contributed by atoms with van der Waals surface area (Å²) in [4.78, 5) is 0. The van der Waals surface area contributed by atoms with Crippen LogP contribution in [0.4, 0.5) is 0 Å². The standard InChI is InChI=1S/C14H19BrN2/c1-14(2,3)13(9-16)17-7-6-10-8-11(15)4-5-12(10)17/h4-8,13H,9,16H2,1-3H3. The third-order valence-corrected chi connectivity index (χ3v) is 3.73. The Balaban J connectivity index is 2.55.